The quantitative estimate of drug-likeness (QED) is 0.728. The van der Waals surface area contributed by atoms with Crippen molar-refractivity contribution < 1.29 is 9.53 Å². The Balaban J connectivity index is 2.45. The van der Waals surface area contributed by atoms with Crippen LogP contribution in [0.4, 0.5) is 4.79 Å². The fraction of sp³-hybridized carbons (Fsp3) is 0.750. The van der Waals surface area contributed by atoms with E-state index in [1.807, 2.05) is 11.8 Å². The third-order valence-electron chi connectivity index (χ3n) is 2.57. The number of hydrogen-bond donors (Lipinski definition) is 0. The van der Waals surface area contributed by atoms with Gasteiger partial charge < -0.3 is 0 Å². The third kappa shape index (κ3) is 4.76. The topological polar surface area (TPSA) is 29.5 Å². The maximum atomic E-state index is 11.5. The molecule has 0 atom stereocenters. The van der Waals surface area contributed by atoms with Crippen LogP contribution in [-0.4, -0.2) is 49.1 Å². The number of likely N-dealkylation sites (tertiary alicyclic amines) is 1. The zero-order chi connectivity index (χ0) is 12.2. The van der Waals surface area contributed by atoms with Gasteiger partial charge in [-0.05, 0) is 0 Å². The molecule has 0 aromatic heterocycles. The van der Waals surface area contributed by atoms with Crippen molar-refractivity contribution in [2.45, 2.75) is 34.6 Å². The molecule has 0 saturated carbocycles. The predicted molar refractivity (Wildman–Crippen MR) is 69.3 cm³/mol. The zero-order valence-electron chi connectivity index (χ0n) is 10.9. The van der Waals surface area contributed by atoms with Crippen LogP contribution in [0.15, 0.2) is 9.67 Å². The first-order valence-electron chi connectivity index (χ1n) is 6.04. The number of carbonyl (C=O) groups is 1. The average Bonchev–Trinajstić information content (AvgIpc) is 2.16. The average molecular weight is 332 g/mol. The fourth-order valence-corrected chi connectivity index (χ4v) is 6.27. The molecule has 0 radical (unpaired) electrons. The number of ether oxygens (including phenoxy) is 1. The summed E-state index contributed by atoms with van der Waals surface area (Å²) >= 11 is -1.79. The third-order valence-corrected chi connectivity index (χ3v) is 6.21. The van der Waals surface area contributed by atoms with Gasteiger partial charge in [0, 0.05) is 0 Å². The van der Waals surface area contributed by atoms with Gasteiger partial charge in [-0.15, -0.1) is 0 Å². The van der Waals surface area contributed by atoms with Crippen molar-refractivity contribution >= 4 is 24.5 Å². The zero-order valence-corrected chi connectivity index (χ0v) is 13.7. The number of hydrogen-bond acceptors (Lipinski definition) is 2. The van der Waals surface area contributed by atoms with Crippen LogP contribution in [0.2, 0.25) is 14.8 Å². The molecule has 1 saturated heterocycles. The van der Waals surface area contributed by atoms with E-state index in [0.29, 0.717) is 6.61 Å². The van der Waals surface area contributed by atoms with Gasteiger partial charge in [-0.25, -0.2) is 0 Å². The molecule has 1 heterocycles. The van der Waals surface area contributed by atoms with Gasteiger partial charge in [-0.1, -0.05) is 0 Å². The molecule has 0 bridgehead atoms. The molecule has 0 N–H and O–H groups in total. The van der Waals surface area contributed by atoms with E-state index in [1.165, 1.54) is 0 Å². The molecule has 92 valence electrons. The van der Waals surface area contributed by atoms with Gasteiger partial charge in [0.1, 0.15) is 0 Å². The fourth-order valence-electron chi connectivity index (χ4n) is 1.95. The van der Waals surface area contributed by atoms with Gasteiger partial charge in [-0.2, -0.15) is 0 Å². The molecule has 0 aliphatic carbocycles. The van der Waals surface area contributed by atoms with Gasteiger partial charge in [0.25, 0.3) is 0 Å². The Morgan fingerprint density at radius 1 is 1.38 bits per heavy atom. The summed E-state index contributed by atoms with van der Waals surface area (Å²) < 4.78 is 7.54. The van der Waals surface area contributed by atoms with Crippen LogP contribution in [0.5, 0.6) is 0 Å². The molecule has 0 aromatic carbocycles. The molecular formula is C12H23NO2Sn. The second-order valence-corrected chi connectivity index (χ2v) is 19.7. The Kier molecular flexibility index (Phi) is 5.15. The maximum absolute atomic E-state index is 11.5. The van der Waals surface area contributed by atoms with Crippen molar-refractivity contribution in [3.05, 3.63) is 9.67 Å². The second kappa shape index (κ2) is 5.94. The first kappa shape index (κ1) is 13.9. The van der Waals surface area contributed by atoms with Gasteiger partial charge in [0.2, 0.25) is 0 Å². The number of carbonyl (C=O) groups excluding carboxylic acids is 1. The van der Waals surface area contributed by atoms with E-state index in [2.05, 4.69) is 18.9 Å². The molecule has 0 spiro atoms. The van der Waals surface area contributed by atoms with Crippen LogP contribution in [0.25, 0.3) is 0 Å². The number of amides is 1. The number of nitrogens with zero attached hydrogens (tertiary/aromatic N) is 1. The Labute approximate surface area is 103 Å². The van der Waals surface area contributed by atoms with Crippen molar-refractivity contribution in [1.29, 1.82) is 0 Å². The summed E-state index contributed by atoms with van der Waals surface area (Å²) in [5.74, 6) is 0. The van der Waals surface area contributed by atoms with Crippen LogP contribution >= 0.6 is 0 Å². The number of rotatable bonds is 2. The van der Waals surface area contributed by atoms with Crippen molar-refractivity contribution in [3.63, 3.8) is 0 Å². The minimum absolute atomic E-state index is 0.152. The summed E-state index contributed by atoms with van der Waals surface area (Å²) in [5.41, 5.74) is 1.56. The molecule has 0 unspecified atom stereocenters. The van der Waals surface area contributed by atoms with E-state index in [-0.39, 0.29) is 6.09 Å². The monoisotopic (exact) mass is 333 g/mol. The first-order valence-corrected chi connectivity index (χ1v) is 16.3. The summed E-state index contributed by atoms with van der Waals surface area (Å²) in [6.45, 7) is 3.97. The van der Waals surface area contributed by atoms with E-state index in [9.17, 15) is 4.79 Å². The molecule has 1 aliphatic rings. The van der Waals surface area contributed by atoms with E-state index in [4.69, 9.17) is 4.74 Å². The molecular weight excluding hydrogens is 309 g/mol. The summed E-state index contributed by atoms with van der Waals surface area (Å²) in [7, 11) is 0. The summed E-state index contributed by atoms with van der Waals surface area (Å²) in [5, 5.41) is 0. The normalized spacial score (nSPS) is 17.2. The van der Waals surface area contributed by atoms with Crippen molar-refractivity contribution in [3.8, 4) is 0 Å². The van der Waals surface area contributed by atoms with E-state index >= 15 is 0 Å². The van der Waals surface area contributed by atoms with Crippen LogP contribution in [0.3, 0.4) is 0 Å². The Bertz CT molecular complexity index is 271. The molecule has 3 nitrogen and oxygen atoms in total. The Hall–Kier alpha value is -0.191. The van der Waals surface area contributed by atoms with Gasteiger partial charge in [-0.3, -0.25) is 0 Å². The molecule has 1 aliphatic heterocycles. The summed E-state index contributed by atoms with van der Waals surface area (Å²) in [6, 6.07) is 0. The van der Waals surface area contributed by atoms with E-state index in [0.717, 1.165) is 25.9 Å². The van der Waals surface area contributed by atoms with Gasteiger partial charge in [0.15, 0.2) is 0 Å². The van der Waals surface area contributed by atoms with Crippen molar-refractivity contribution in [2.24, 2.45) is 0 Å². The van der Waals surface area contributed by atoms with Crippen LogP contribution in [0.1, 0.15) is 19.8 Å². The van der Waals surface area contributed by atoms with Gasteiger partial charge in [0.05, 0.1) is 0 Å². The Morgan fingerprint density at radius 2 is 1.94 bits per heavy atom. The van der Waals surface area contributed by atoms with Gasteiger partial charge >= 0.3 is 103 Å². The first-order chi connectivity index (χ1) is 7.42. The molecule has 1 fully saturated rings. The predicted octanol–water partition coefficient (Wildman–Crippen LogP) is 3.04. The molecule has 4 heteroatoms. The van der Waals surface area contributed by atoms with Crippen LogP contribution in [0, 0.1) is 0 Å². The van der Waals surface area contributed by atoms with Crippen LogP contribution in [-0.2, 0) is 4.74 Å². The summed E-state index contributed by atoms with van der Waals surface area (Å²) in [6.07, 6.45) is 1.92. The van der Waals surface area contributed by atoms with E-state index in [1.54, 1.807) is 5.57 Å². The van der Waals surface area contributed by atoms with Crippen molar-refractivity contribution in [2.75, 3.05) is 19.7 Å². The molecule has 1 amide bonds. The summed E-state index contributed by atoms with van der Waals surface area (Å²) in [4.78, 5) is 20.6. The second-order valence-electron chi connectivity index (χ2n) is 5.35. The molecule has 0 aromatic rings. The molecule has 1 rings (SSSR count). The minimum atomic E-state index is -1.79. The van der Waals surface area contributed by atoms with E-state index < -0.39 is 18.4 Å². The van der Waals surface area contributed by atoms with Crippen LogP contribution < -0.4 is 0 Å². The number of piperidine rings is 1. The standard InChI is InChI=1S/C9H14NO2.3CH3.Sn/c1-3-12-9(11)10-6-4-8(2)5-7-10;;;;/h2H,3-7H2,1H3;3*1H3;. The molecule has 16 heavy (non-hydrogen) atoms. The Morgan fingerprint density at radius 3 is 2.38 bits per heavy atom. The SMILES string of the molecule is CCOC(=O)N1CCC(=[CH][Sn]([CH3])([CH3])[CH3])CC1. The van der Waals surface area contributed by atoms with Crippen molar-refractivity contribution in [1.82, 2.24) is 4.90 Å².